The summed E-state index contributed by atoms with van der Waals surface area (Å²) in [5.41, 5.74) is 0. The minimum absolute atomic E-state index is 0.181. The summed E-state index contributed by atoms with van der Waals surface area (Å²) in [6.45, 7) is 3.99. The van der Waals surface area contributed by atoms with E-state index in [1.807, 2.05) is 13.8 Å². The summed E-state index contributed by atoms with van der Waals surface area (Å²) in [7, 11) is 1.76. The van der Waals surface area contributed by atoms with Gasteiger partial charge in [0.2, 0.25) is 0 Å². The van der Waals surface area contributed by atoms with Crippen LogP contribution in [-0.2, 0) is 18.4 Å². The van der Waals surface area contributed by atoms with Gasteiger partial charge in [-0.2, -0.15) is 0 Å². The van der Waals surface area contributed by atoms with Crippen LogP contribution in [0.1, 0.15) is 26.1 Å². The zero-order chi connectivity index (χ0) is 14.4. The van der Waals surface area contributed by atoms with Crippen molar-refractivity contribution in [3.05, 3.63) is 12.2 Å². The molecule has 8 nitrogen and oxygen atoms in total. The Morgan fingerprint density at radius 2 is 2.16 bits per heavy atom. The van der Waals surface area contributed by atoms with Gasteiger partial charge in [0.15, 0.2) is 5.82 Å². The molecule has 106 valence electrons. The molecule has 0 aliphatic carbocycles. The van der Waals surface area contributed by atoms with Gasteiger partial charge in [-0.05, 0) is 12.3 Å². The Morgan fingerprint density at radius 1 is 1.47 bits per heavy atom. The molecule has 0 fully saturated rings. The zero-order valence-electron chi connectivity index (χ0n) is 11.3. The molecule has 19 heavy (non-hydrogen) atoms. The molecule has 1 aromatic rings. The monoisotopic (exact) mass is 269 g/mol. The molecule has 0 unspecified atom stereocenters. The van der Waals surface area contributed by atoms with E-state index in [1.54, 1.807) is 11.6 Å². The number of hydrogen-bond acceptors (Lipinski definition) is 4. The smallest absolute Gasteiger partial charge is 0.326 e. The third-order valence-corrected chi connectivity index (χ3v) is 2.52. The van der Waals surface area contributed by atoms with Crippen LogP contribution in [0.4, 0.5) is 4.79 Å². The van der Waals surface area contributed by atoms with Crippen LogP contribution in [0.15, 0.2) is 6.33 Å². The molecular formula is C11H19N5O3. The fourth-order valence-corrected chi connectivity index (χ4v) is 1.53. The second kappa shape index (κ2) is 6.72. The van der Waals surface area contributed by atoms with Gasteiger partial charge < -0.3 is 20.3 Å². The maximum atomic E-state index is 11.6. The number of carboxylic acid groups (broad SMARTS) is 1. The molecule has 1 rings (SSSR count). The van der Waals surface area contributed by atoms with E-state index in [1.165, 1.54) is 6.33 Å². The number of nitrogens with one attached hydrogen (secondary N) is 2. The summed E-state index contributed by atoms with van der Waals surface area (Å²) in [6.07, 6.45) is 1.90. The van der Waals surface area contributed by atoms with Crippen molar-refractivity contribution in [2.45, 2.75) is 32.9 Å². The summed E-state index contributed by atoms with van der Waals surface area (Å²) < 4.78 is 1.67. The molecule has 1 atom stereocenters. The van der Waals surface area contributed by atoms with E-state index >= 15 is 0 Å². The predicted molar refractivity (Wildman–Crippen MR) is 67.3 cm³/mol. The molecular weight excluding hydrogens is 250 g/mol. The van der Waals surface area contributed by atoms with Gasteiger partial charge in [0, 0.05) is 7.05 Å². The third-order valence-electron chi connectivity index (χ3n) is 2.52. The first-order valence-electron chi connectivity index (χ1n) is 6.00. The van der Waals surface area contributed by atoms with Crippen LogP contribution >= 0.6 is 0 Å². The molecule has 0 aromatic carbocycles. The first-order valence-corrected chi connectivity index (χ1v) is 6.00. The molecule has 0 saturated heterocycles. The molecule has 0 saturated carbocycles. The zero-order valence-corrected chi connectivity index (χ0v) is 11.3. The fraction of sp³-hybridized carbons (Fsp3) is 0.636. The first kappa shape index (κ1) is 14.9. The van der Waals surface area contributed by atoms with Crippen LogP contribution in [-0.4, -0.2) is 37.9 Å². The van der Waals surface area contributed by atoms with Crippen LogP contribution in [0.5, 0.6) is 0 Å². The number of carbonyl (C=O) groups excluding carboxylic acids is 1. The number of hydrogen-bond donors (Lipinski definition) is 3. The maximum absolute atomic E-state index is 11.6. The van der Waals surface area contributed by atoms with Crippen molar-refractivity contribution in [1.29, 1.82) is 0 Å². The lowest BCUT2D eigenvalue weighted by atomic mass is 10.0. The molecule has 8 heteroatoms. The quantitative estimate of drug-likeness (QED) is 0.679. The molecule has 0 bridgehead atoms. The van der Waals surface area contributed by atoms with Crippen LogP contribution in [0.25, 0.3) is 0 Å². The summed E-state index contributed by atoms with van der Waals surface area (Å²) in [4.78, 5) is 22.6. The van der Waals surface area contributed by atoms with Gasteiger partial charge in [-0.1, -0.05) is 13.8 Å². The van der Waals surface area contributed by atoms with E-state index in [2.05, 4.69) is 20.8 Å². The Hall–Kier alpha value is -2.12. The number of rotatable bonds is 6. The van der Waals surface area contributed by atoms with Gasteiger partial charge >= 0.3 is 12.0 Å². The highest BCUT2D eigenvalue weighted by atomic mass is 16.4. The van der Waals surface area contributed by atoms with Crippen molar-refractivity contribution in [3.63, 3.8) is 0 Å². The van der Waals surface area contributed by atoms with E-state index in [4.69, 9.17) is 5.11 Å². The third kappa shape index (κ3) is 4.94. The Balaban J connectivity index is 2.45. The summed E-state index contributed by atoms with van der Waals surface area (Å²) in [5.74, 6) is -0.270. The highest BCUT2D eigenvalue weighted by Gasteiger charge is 2.20. The van der Waals surface area contributed by atoms with Crippen LogP contribution < -0.4 is 10.6 Å². The minimum atomic E-state index is -1.04. The van der Waals surface area contributed by atoms with Crippen LogP contribution in [0, 0.1) is 5.92 Å². The molecule has 0 radical (unpaired) electrons. The molecule has 2 amide bonds. The van der Waals surface area contributed by atoms with Crippen molar-refractivity contribution in [3.8, 4) is 0 Å². The van der Waals surface area contributed by atoms with Crippen molar-refractivity contribution in [1.82, 2.24) is 25.4 Å². The molecule has 3 N–H and O–H groups in total. The Labute approximate surface area is 111 Å². The average molecular weight is 269 g/mol. The minimum Gasteiger partial charge on any atom is -0.480 e. The highest BCUT2D eigenvalue weighted by Crippen LogP contribution is 2.04. The predicted octanol–water partition coefficient (Wildman–Crippen LogP) is 0.114. The van der Waals surface area contributed by atoms with Crippen LogP contribution in [0.2, 0.25) is 0 Å². The van der Waals surface area contributed by atoms with Crippen molar-refractivity contribution in [2.75, 3.05) is 0 Å². The van der Waals surface area contributed by atoms with E-state index in [0.717, 1.165) is 0 Å². The fourth-order valence-electron chi connectivity index (χ4n) is 1.53. The Bertz CT molecular complexity index is 443. The molecule has 0 spiro atoms. The van der Waals surface area contributed by atoms with E-state index in [9.17, 15) is 9.59 Å². The second-order valence-electron chi connectivity index (χ2n) is 4.71. The first-order chi connectivity index (χ1) is 8.90. The standard InChI is InChI=1S/C11H19N5O3/c1-7(2)4-8(10(17)18)14-11(19)12-5-9-15-13-6-16(9)3/h6-8H,4-5H2,1-3H3,(H,17,18)(H2,12,14,19)/t8-/m0/s1. The normalized spacial score (nSPS) is 12.2. The topological polar surface area (TPSA) is 109 Å². The summed E-state index contributed by atoms with van der Waals surface area (Å²) in [5, 5.41) is 21.4. The lowest BCUT2D eigenvalue weighted by molar-refractivity contribution is -0.139. The number of carbonyl (C=O) groups is 2. The van der Waals surface area contributed by atoms with Gasteiger partial charge in [-0.3, -0.25) is 0 Å². The summed E-state index contributed by atoms with van der Waals surface area (Å²) >= 11 is 0. The average Bonchev–Trinajstić information content (AvgIpc) is 2.70. The van der Waals surface area contributed by atoms with Crippen molar-refractivity contribution in [2.24, 2.45) is 13.0 Å². The summed E-state index contributed by atoms with van der Waals surface area (Å²) in [6, 6.07) is -1.42. The Morgan fingerprint density at radius 3 is 2.63 bits per heavy atom. The van der Waals surface area contributed by atoms with Crippen LogP contribution in [0.3, 0.4) is 0 Å². The van der Waals surface area contributed by atoms with E-state index < -0.39 is 18.0 Å². The Kier molecular flexibility index (Phi) is 5.28. The number of aliphatic carboxylic acids is 1. The van der Waals surface area contributed by atoms with Gasteiger partial charge in [0.25, 0.3) is 0 Å². The van der Waals surface area contributed by atoms with E-state index in [0.29, 0.717) is 12.2 Å². The number of urea groups is 1. The van der Waals surface area contributed by atoms with Gasteiger partial charge in [-0.25, -0.2) is 9.59 Å². The number of aryl methyl sites for hydroxylation is 1. The lowest BCUT2D eigenvalue weighted by Crippen LogP contribution is -2.46. The molecule has 1 aromatic heterocycles. The van der Waals surface area contributed by atoms with E-state index in [-0.39, 0.29) is 12.5 Å². The van der Waals surface area contributed by atoms with Crippen molar-refractivity contribution >= 4 is 12.0 Å². The highest BCUT2D eigenvalue weighted by molar-refractivity contribution is 5.82. The number of nitrogens with zero attached hydrogens (tertiary/aromatic N) is 3. The molecule has 0 aliphatic heterocycles. The molecule has 1 heterocycles. The van der Waals surface area contributed by atoms with Gasteiger partial charge in [0.1, 0.15) is 12.4 Å². The van der Waals surface area contributed by atoms with Gasteiger partial charge in [-0.15, -0.1) is 10.2 Å². The number of amides is 2. The largest absolute Gasteiger partial charge is 0.480 e. The number of aromatic nitrogens is 3. The molecule has 0 aliphatic rings. The number of carboxylic acids is 1. The second-order valence-corrected chi connectivity index (χ2v) is 4.71. The SMILES string of the molecule is CC(C)C[C@H](NC(=O)NCc1nncn1C)C(=O)O. The van der Waals surface area contributed by atoms with Crippen molar-refractivity contribution < 1.29 is 14.7 Å². The lowest BCUT2D eigenvalue weighted by Gasteiger charge is -2.16. The van der Waals surface area contributed by atoms with Gasteiger partial charge in [0.05, 0.1) is 6.54 Å². The maximum Gasteiger partial charge on any atom is 0.326 e.